The minimum atomic E-state index is -0.796. The van der Waals surface area contributed by atoms with Crippen molar-refractivity contribution in [1.29, 1.82) is 0 Å². The molecular formula is C16H25NO3. The summed E-state index contributed by atoms with van der Waals surface area (Å²) in [7, 11) is 0. The fourth-order valence-corrected chi connectivity index (χ4v) is 3.84. The van der Waals surface area contributed by atoms with E-state index in [4.69, 9.17) is 0 Å². The summed E-state index contributed by atoms with van der Waals surface area (Å²) in [4.78, 5) is 23.9. The zero-order valence-electron chi connectivity index (χ0n) is 12.2. The van der Waals surface area contributed by atoms with Crippen molar-refractivity contribution < 1.29 is 14.7 Å². The van der Waals surface area contributed by atoms with Crippen LogP contribution in [-0.2, 0) is 9.59 Å². The lowest BCUT2D eigenvalue weighted by Gasteiger charge is -2.22. The van der Waals surface area contributed by atoms with Crippen LogP contribution in [0, 0.1) is 29.6 Å². The Morgan fingerprint density at radius 3 is 2.10 bits per heavy atom. The SMILES string of the molecule is CCC1C[C@H](C(=O)NC(C2CC2)C2CC2)[C@H](C(=O)O)C1. The number of rotatable bonds is 6. The van der Waals surface area contributed by atoms with Gasteiger partial charge in [0, 0.05) is 6.04 Å². The van der Waals surface area contributed by atoms with Crippen LogP contribution in [0.5, 0.6) is 0 Å². The first-order valence-corrected chi connectivity index (χ1v) is 8.13. The Morgan fingerprint density at radius 2 is 1.65 bits per heavy atom. The molecule has 0 bridgehead atoms. The average molecular weight is 279 g/mol. The summed E-state index contributed by atoms with van der Waals surface area (Å²) < 4.78 is 0. The predicted octanol–water partition coefficient (Wildman–Crippen LogP) is 2.43. The van der Waals surface area contributed by atoms with E-state index in [2.05, 4.69) is 12.2 Å². The molecule has 3 saturated carbocycles. The molecule has 3 atom stereocenters. The smallest absolute Gasteiger partial charge is 0.307 e. The fourth-order valence-electron chi connectivity index (χ4n) is 3.84. The number of amides is 1. The predicted molar refractivity (Wildman–Crippen MR) is 75.0 cm³/mol. The second-order valence-corrected chi connectivity index (χ2v) is 7.01. The highest BCUT2D eigenvalue weighted by atomic mass is 16.4. The van der Waals surface area contributed by atoms with Gasteiger partial charge in [-0.1, -0.05) is 13.3 Å². The molecule has 3 rings (SSSR count). The lowest BCUT2D eigenvalue weighted by molar-refractivity contribution is -0.146. The van der Waals surface area contributed by atoms with Gasteiger partial charge in [0.05, 0.1) is 11.8 Å². The van der Waals surface area contributed by atoms with E-state index >= 15 is 0 Å². The molecule has 3 aliphatic rings. The maximum Gasteiger partial charge on any atom is 0.307 e. The largest absolute Gasteiger partial charge is 0.481 e. The molecule has 4 nitrogen and oxygen atoms in total. The second kappa shape index (κ2) is 5.38. The van der Waals surface area contributed by atoms with Gasteiger partial charge in [0.2, 0.25) is 5.91 Å². The molecule has 0 heterocycles. The van der Waals surface area contributed by atoms with Crippen molar-refractivity contribution in [1.82, 2.24) is 5.32 Å². The molecule has 1 amide bonds. The first-order valence-electron chi connectivity index (χ1n) is 8.13. The van der Waals surface area contributed by atoms with Crippen LogP contribution in [0.1, 0.15) is 51.9 Å². The lowest BCUT2D eigenvalue weighted by Crippen LogP contribution is -2.43. The first kappa shape index (κ1) is 13.9. The summed E-state index contributed by atoms with van der Waals surface area (Å²) in [6.07, 6.45) is 7.31. The Kier molecular flexibility index (Phi) is 3.74. The van der Waals surface area contributed by atoms with Gasteiger partial charge < -0.3 is 10.4 Å². The third-order valence-corrected chi connectivity index (χ3v) is 5.46. The third kappa shape index (κ3) is 2.84. The van der Waals surface area contributed by atoms with Crippen molar-refractivity contribution in [3.05, 3.63) is 0 Å². The molecule has 4 heteroatoms. The molecule has 0 aromatic carbocycles. The normalized spacial score (nSPS) is 33.4. The molecule has 1 unspecified atom stereocenters. The Bertz CT molecular complexity index is 389. The molecule has 112 valence electrons. The van der Waals surface area contributed by atoms with Crippen molar-refractivity contribution in [3.8, 4) is 0 Å². The molecular weight excluding hydrogens is 254 g/mol. The second-order valence-electron chi connectivity index (χ2n) is 7.01. The van der Waals surface area contributed by atoms with E-state index in [1.54, 1.807) is 0 Å². The molecule has 3 fully saturated rings. The van der Waals surface area contributed by atoms with Crippen LogP contribution >= 0.6 is 0 Å². The highest BCUT2D eigenvalue weighted by molar-refractivity contribution is 5.85. The molecule has 0 aliphatic heterocycles. The maximum absolute atomic E-state index is 12.5. The Labute approximate surface area is 120 Å². The van der Waals surface area contributed by atoms with Crippen LogP contribution in [-0.4, -0.2) is 23.0 Å². The van der Waals surface area contributed by atoms with Crippen molar-refractivity contribution in [2.75, 3.05) is 0 Å². The maximum atomic E-state index is 12.5. The van der Waals surface area contributed by atoms with Gasteiger partial charge in [-0.15, -0.1) is 0 Å². The Morgan fingerprint density at radius 1 is 1.10 bits per heavy atom. The third-order valence-electron chi connectivity index (χ3n) is 5.46. The minimum Gasteiger partial charge on any atom is -0.481 e. The Hall–Kier alpha value is -1.06. The van der Waals surface area contributed by atoms with Gasteiger partial charge in [0.15, 0.2) is 0 Å². The van der Waals surface area contributed by atoms with Gasteiger partial charge in [-0.3, -0.25) is 9.59 Å². The van der Waals surface area contributed by atoms with E-state index < -0.39 is 11.9 Å². The van der Waals surface area contributed by atoms with Crippen molar-refractivity contribution >= 4 is 11.9 Å². The molecule has 0 aromatic heterocycles. The quantitative estimate of drug-likeness (QED) is 0.784. The number of carbonyl (C=O) groups excluding carboxylic acids is 1. The van der Waals surface area contributed by atoms with E-state index in [9.17, 15) is 14.7 Å². The van der Waals surface area contributed by atoms with E-state index in [1.165, 1.54) is 25.7 Å². The zero-order chi connectivity index (χ0) is 14.3. The van der Waals surface area contributed by atoms with Crippen LogP contribution in [0.3, 0.4) is 0 Å². The van der Waals surface area contributed by atoms with Crippen molar-refractivity contribution in [3.63, 3.8) is 0 Å². The number of carboxylic acids is 1. The molecule has 2 N–H and O–H groups in total. The Balaban J connectivity index is 1.63. The van der Waals surface area contributed by atoms with E-state index in [1.807, 2.05) is 0 Å². The number of nitrogens with one attached hydrogen (secondary N) is 1. The van der Waals surface area contributed by atoms with Crippen LogP contribution in [0.15, 0.2) is 0 Å². The molecule has 20 heavy (non-hydrogen) atoms. The average Bonchev–Trinajstić information content (AvgIpc) is 3.32. The van der Waals surface area contributed by atoms with Gasteiger partial charge >= 0.3 is 5.97 Å². The van der Waals surface area contributed by atoms with Crippen LogP contribution in [0.4, 0.5) is 0 Å². The summed E-state index contributed by atoms with van der Waals surface area (Å²) in [6.45, 7) is 2.08. The summed E-state index contributed by atoms with van der Waals surface area (Å²) >= 11 is 0. The molecule has 3 aliphatic carbocycles. The number of aliphatic carboxylic acids is 1. The molecule has 0 radical (unpaired) electrons. The van der Waals surface area contributed by atoms with Crippen LogP contribution in [0.25, 0.3) is 0 Å². The highest BCUT2D eigenvalue weighted by Crippen LogP contribution is 2.45. The van der Waals surface area contributed by atoms with Gasteiger partial charge in [-0.25, -0.2) is 0 Å². The van der Waals surface area contributed by atoms with Gasteiger partial charge in [0.25, 0.3) is 0 Å². The number of carboxylic acid groups (broad SMARTS) is 1. The minimum absolute atomic E-state index is 0.0112. The van der Waals surface area contributed by atoms with Crippen molar-refractivity contribution in [2.45, 2.75) is 57.9 Å². The fraction of sp³-hybridized carbons (Fsp3) is 0.875. The summed E-state index contributed by atoms with van der Waals surface area (Å²) in [5.74, 6) is 0.160. The standard InChI is InChI=1S/C16H25NO3/c1-2-9-7-12(13(8-9)16(19)20)15(18)17-14(10-3-4-10)11-5-6-11/h9-14H,2-8H2,1H3,(H,17,18)(H,19,20)/t9?,12-,13+/m0/s1. The van der Waals surface area contributed by atoms with E-state index in [-0.39, 0.29) is 11.8 Å². The highest BCUT2D eigenvalue weighted by Gasteiger charge is 2.46. The number of hydrogen-bond donors (Lipinski definition) is 2. The first-order chi connectivity index (χ1) is 9.60. The summed E-state index contributed by atoms with van der Waals surface area (Å²) in [5.41, 5.74) is 0. The van der Waals surface area contributed by atoms with Gasteiger partial charge in [0.1, 0.15) is 0 Å². The summed E-state index contributed by atoms with van der Waals surface area (Å²) in [5, 5.41) is 12.6. The molecule has 0 spiro atoms. The number of hydrogen-bond acceptors (Lipinski definition) is 2. The molecule has 0 aromatic rings. The van der Waals surface area contributed by atoms with Crippen LogP contribution in [0.2, 0.25) is 0 Å². The van der Waals surface area contributed by atoms with E-state index in [0.29, 0.717) is 30.2 Å². The molecule has 0 saturated heterocycles. The van der Waals surface area contributed by atoms with Gasteiger partial charge in [-0.2, -0.15) is 0 Å². The van der Waals surface area contributed by atoms with Crippen molar-refractivity contribution in [2.24, 2.45) is 29.6 Å². The lowest BCUT2D eigenvalue weighted by atomic mass is 9.94. The van der Waals surface area contributed by atoms with E-state index in [0.717, 1.165) is 12.8 Å². The topological polar surface area (TPSA) is 66.4 Å². The van der Waals surface area contributed by atoms with Crippen LogP contribution < -0.4 is 5.32 Å². The zero-order valence-corrected chi connectivity index (χ0v) is 12.2. The van der Waals surface area contributed by atoms with Gasteiger partial charge in [-0.05, 0) is 56.3 Å². The number of carbonyl (C=O) groups is 2. The summed E-state index contributed by atoms with van der Waals surface area (Å²) in [6, 6.07) is 0.331. The monoisotopic (exact) mass is 279 g/mol.